The maximum absolute atomic E-state index is 11.2. The third-order valence-corrected chi connectivity index (χ3v) is 2.08. The van der Waals surface area contributed by atoms with Gasteiger partial charge in [-0.2, -0.15) is 12.6 Å². The summed E-state index contributed by atoms with van der Waals surface area (Å²) in [6.07, 6.45) is 0.314. The number of hydrogen-bond acceptors (Lipinski definition) is 3. The van der Waals surface area contributed by atoms with E-state index >= 15 is 0 Å². The van der Waals surface area contributed by atoms with E-state index in [9.17, 15) is 4.79 Å². The van der Waals surface area contributed by atoms with Gasteiger partial charge in [-0.1, -0.05) is 24.0 Å². The highest BCUT2D eigenvalue weighted by Crippen LogP contribution is 2.05. The molecule has 16 heavy (non-hydrogen) atoms. The van der Waals surface area contributed by atoms with Crippen LogP contribution in [0.5, 0.6) is 0 Å². The second-order valence-electron chi connectivity index (χ2n) is 3.14. The summed E-state index contributed by atoms with van der Waals surface area (Å²) >= 11 is 4.00. The van der Waals surface area contributed by atoms with Gasteiger partial charge < -0.3 is 4.74 Å². The second kappa shape index (κ2) is 6.97. The zero-order valence-electron chi connectivity index (χ0n) is 9.19. The van der Waals surface area contributed by atoms with Crippen LogP contribution in [0.1, 0.15) is 18.1 Å². The smallest absolute Gasteiger partial charge is 0.310 e. The molecule has 0 saturated carbocycles. The van der Waals surface area contributed by atoms with Gasteiger partial charge in [-0.15, -0.1) is 0 Å². The molecule has 0 aliphatic carbocycles. The molecular weight excluding hydrogens is 220 g/mol. The average molecular weight is 234 g/mol. The quantitative estimate of drug-likeness (QED) is 0.492. The third kappa shape index (κ3) is 4.41. The summed E-state index contributed by atoms with van der Waals surface area (Å²) in [5.41, 5.74) is 1.87. The Balaban J connectivity index is 2.61. The first-order valence-corrected chi connectivity index (χ1v) is 5.73. The van der Waals surface area contributed by atoms with Crippen molar-refractivity contribution in [2.45, 2.75) is 13.3 Å². The molecule has 0 N–H and O–H groups in total. The lowest BCUT2D eigenvalue weighted by molar-refractivity contribution is -0.142. The van der Waals surface area contributed by atoms with E-state index in [1.54, 1.807) is 6.92 Å². The Bertz CT molecular complexity index is 398. The molecule has 0 aromatic heterocycles. The molecule has 0 unspecified atom stereocenters. The Hall–Kier alpha value is -1.40. The number of carbonyl (C=O) groups excluding carboxylic acids is 1. The highest BCUT2D eigenvalue weighted by molar-refractivity contribution is 7.80. The molecule has 1 aromatic rings. The molecule has 0 fully saturated rings. The van der Waals surface area contributed by atoms with Crippen LogP contribution in [0.15, 0.2) is 24.3 Å². The van der Waals surface area contributed by atoms with E-state index in [-0.39, 0.29) is 5.97 Å². The Kier molecular flexibility index (Phi) is 5.52. The molecule has 0 saturated heterocycles. The first kappa shape index (κ1) is 12.7. The van der Waals surface area contributed by atoms with E-state index in [1.807, 2.05) is 24.3 Å². The Labute approximate surface area is 101 Å². The number of ether oxygens (including phenoxy) is 1. The van der Waals surface area contributed by atoms with Crippen molar-refractivity contribution in [2.75, 3.05) is 12.4 Å². The highest BCUT2D eigenvalue weighted by atomic mass is 32.1. The van der Waals surface area contributed by atoms with Gasteiger partial charge >= 0.3 is 5.97 Å². The monoisotopic (exact) mass is 234 g/mol. The van der Waals surface area contributed by atoms with Crippen LogP contribution in [-0.2, 0) is 16.0 Å². The fourth-order valence-electron chi connectivity index (χ4n) is 1.23. The maximum Gasteiger partial charge on any atom is 0.310 e. The SMILES string of the molecule is CCOC(=O)Cc1ccc(C#CCS)cc1. The molecular formula is C13H14O2S. The minimum atomic E-state index is -0.198. The molecule has 3 heteroatoms. The van der Waals surface area contributed by atoms with E-state index in [2.05, 4.69) is 24.5 Å². The van der Waals surface area contributed by atoms with Gasteiger partial charge in [0, 0.05) is 5.56 Å². The van der Waals surface area contributed by atoms with Crippen molar-refractivity contribution in [1.82, 2.24) is 0 Å². The Morgan fingerprint density at radius 1 is 1.38 bits per heavy atom. The lowest BCUT2D eigenvalue weighted by Crippen LogP contribution is -2.07. The lowest BCUT2D eigenvalue weighted by atomic mass is 10.1. The number of rotatable bonds is 3. The van der Waals surface area contributed by atoms with Crippen molar-refractivity contribution in [2.24, 2.45) is 0 Å². The van der Waals surface area contributed by atoms with Crippen LogP contribution in [0, 0.1) is 11.8 Å². The van der Waals surface area contributed by atoms with Crippen LogP contribution in [-0.4, -0.2) is 18.3 Å². The first-order valence-electron chi connectivity index (χ1n) is 5.10. The summed E-state index contributed by atoms with van der Waals surface area (Å²) < 4.78 is 4.86. The van der Waals surface area contributed by atoms with Gasteiger partial charge in [-0.25, -0.2) is 0 Å². The molecule has 0 aliphatic heterocycles. The minimum absolute atomic E-state index is 0.198. The number of hydrogen-bond donors (Lipinski definition) is 1. The van der Waals surface area contributed by atoms with E-state index in [0.29, 0.717) is 18.8 Å². The predicted octanol–water partition coefficient (Wildman–Crippen LogP) is 2.07. The van der Waals surface area contributed by atoms with Crippen molar-refractivity contribution in [1.29, 1.82) is 0 Å². The Morgan fingerprint density at radius 2 is 2.06 bits per heavy atom. The van der Waals surface area contributed by atoms with Crippen LogP contribution in [0.3, 0.4) is 0 Å². The van der Waals surface area contributed by atoms with E-state index in [4.69, 9.17) is 4.74 Å². The lowest BCUT2D eigenvalue weighted by Gasteiger charge is -2.01. The van der Waals surface area contributed by atoms with E-state index in [0.717, 1.165) is 11.1 Å². The zero-order chi connectivity index (χ0) is 11.8. The van der Waals surface area contributed by atoms with Crippen LogP contribution < -0.4 is 0 Å². The van der Waals surface area contributed by atoms with Crippen molar-refractivity contribution >= 4 is 18.6 Å². The van der Waals surface area contributed by atoms with Gasteiger partial charge in [0.05, 0.1) is 18.8 Å². The van der Waals surface area contributed by atoms with Crippen LogP contribution >= 0.6 is 12.6 Å². The number of carbonyl (C=O) groups is 1. The van der Waals surface area contributed by atoms with Gasteiger partial charge in [0.15, 0.2) is 0 Å². The molecule has 0 spiro atoms. The number of benzene rings is 1. The normalized spacial score (nSPS) is 9.12. The molecule has 0 amide bonds. The second-order valence-corrected chi connectivity index (χ2v) is 3.45. The minimum Gasteiger partial charge on any atom is -0.466 e. The number of esters is 1. The molecule has 84 valence electrons. The molecule has 0 bridgehead atoms. The molecule has 0 aliphatic rings. The van der Waals surface area contributed by atoms with Crippen LogP contribution in [0.25, 0.3) is 0 Å². The first-order chi connectivity index (χ1) is 7.76. The standard InChI is InChI=1S/C13H14O2S/c1-2-15-13(14)10-12-7-5-11(6-8-12)4-3-9-16/h5-8,16H,2,9-10H2,1H3. The van der Waals surface area contributed by atoms with E-state index in [1.165, 1.54) is 0 Å². The van der Waals surface area contributed by atoms with Crippen molar-refractivity contribution in [3.63, 3.8) is 0 Å². The molecule has 2 nitrogen and oxygen atoms in total. The topological polar surface area (TPSA) is 26.3 Å². The maximum atomic E-state index is 11.2. The van der Waals surface area contributed by atoms with Crippen molar-refractivity contribution < 1.29 is 9.53 Å². The summed E-state index contributed by atoms with van der Waals surface area (Å²) in [6, 6.07) is 7.56. The molecule has 0 heterocycles. The average Bonchev–Trinajstić information content (AvgIpc) is 2.28. The summed E-state index contributed by atoms with van der Waals surface area (Å²) in [4.78, 5) is 11.2. The predicted molar refractivity (Wildman–Crippen MR) is 67.5 cm³/mol. The molecule has 0 atom stereocenters. The van der Waals surface area contributed by atoms with Crippen molar-refractivity contribution in [3.05, 3.63) is 35.4 Å². The Morgan fingerprint density at radius 3 is 2.62 bits per heavy atom. The number of thiol groups is 1. The summed E-state index contributed by atoms with van der Waals surface area (Å²) in [7, 11) is 0. The summed E-state index contributed by atoms with van der Waals surface area (Å²) in [5, 5.41) is 0. The van der Waals surface area contributed by atoms with Crippen LogP contribution in [0.4, 0.5) is 0 Å². The molecule has 0 radical (unpaired) electrons. The van der Waals surface area contributed by atoms with Gasteiger partial charge in [-0.3, -0.25) is 4.79 Å². The van der Waals surface area contributed by atoms with Gasteiger partial charge in [0.25, 0.3) is 0 Å². The van der Waals surface area contributed by atoms with E-state index < -0.39 is 0 Å². The fourth-order valence-corrected chi connectivity index (χ4v) is 1.31. The van der Waals surface area contributed by atoms with Crippen molar-refractivity contribution in [3.8, 4) is 11.8 Å². The van der Waals surface area contributed by atoms with Gasteiger partial charge in [-0.05, 0) is 24.6 Å². The molecule has 1 rings (SSSR count). The van der Waals surface area contributed by atoms with Gasteiger partial charge in [0.1, 0.15) is 0 Å². The van der Waals surface area contributed by atoms with Gasteiger partial charge in [0.2, 0.25) is 0 Å². The third-order valence-electron chi connectivity index (χ3n) is 1.92. The fraction of sp³-hybridized carbons (Fsp3) is 0.308. The zero-order valence-corrected chi connectivity index (χ0v) is 10.1. The highest BCUT2D eigenvalue weighted by Gasteiger charge is 2.02. The summed E-state index contributed by atoms with van der Waals surface area (Å²) in [6.45, 7) is 2.22. The van der Waals surface area contributed by atoms with Crippen LogP contribution in [0.2, 0.25) is 0 Å². The largest absolute Gasteiger partial charge is 0.466 e. The molecule has 1 aromatic carbocycles. The summed E-state index contributed by atoms with van der Waals surface area (Å²) in [5.74, 6) is 6.17.